The minimum Gasteiger partial charge on any atom is -0.482 e. The van der Waals surface area contributed by atoms with Gasteiger partial charge in [-0.2, -0.15) is 0 Å². The molecule has 0 heterocycles. The van der Waals surface area contributed by atoms with Crippen LogP contribution in [-0.4, -0.2) is 30.9 Å². The molecule has 0 aliphatic carbocycles. The van der Waals surface area contributed by atoms with E-state index in [1.807, 2.05) is 31.2 Å². The molecule has 88 valence electrons. The van der Waals surface area contributed by atoms with E-state index in [1.165, 1.54) is 0 Å². The van der Waals surface area contributed by atoms with Gasteiger partial charge >= 0.3 is 5.97 Å². The van der Waals surface area contributed by atoms with E-state index < -0.39 is 5.97 Å². The van der Waals surface area contributed by atoms with Crippen molar-refractivity contribution >= 4 is 5.97 Å². The van der Waals surface area contributed by atoms with Crippen molar-refractivity contribution in [1.29, 1.82) is 0 Å². The maximum atomic E-state index is 11.1. The number of hydrogen-bond acceptors (Lipinski definition) is 4. The van der Waals surface area contributed by atoms with Crippen molar-refractivity contribution in [3.63, 3.8) is 0 Å². The molecule has 1 rings (SSSR count). The second-order valence-corrected chi connectivity index (χ2v) is 3.19. The number of hydrogen-bond donors (Lipinski definition) is 1. The van der Waals surface area contributed by atoms with Crippen LogP contribution >= 0.6 is 0 Å². The van der Waals surface area contributed by atoms with Gasteiger partial charge in [0.05, 0.1) is 6.61 Å². The predicted octanol–water partition coefficient (Wildman–Crippen LogP) is 1.16. The highest BCUT2D eigenvalue weighted by Crippen LogP contribution is 2.17. The maximum absolute atomic E-state index is 11.1. The third kappa shape index (κ3) is 3.90. The van der Waals surface area contributed by atoms with Crippen LogP contribution in [0.2, 0.25) is 0 Å². The van der Waals surface area contributed by atoms with Gasteiger partial charge in [0.1, 0.15) is 12.4 Å². The number of para-hydroxylation sites is 1. The first-order chi connectivity index (χ1) is 7.77. The summed E-state index contributed by atoms with van der Waals surface area (Å²) >= 11 is 0. The van der Waals surface area contributed by atoms with Gasteiger partial charge in [-0.15, -0.1) is 0 Å². The number of carbonyl (C=O) groups is 1. The lowest BCUT2D eigenvalue weighted by molar-refractivity contribution is -0.146. The Hall–Kier alpha value is -1.55. The fraction of sp³-hybridized carbons (Fsp3) is 0.417. The fourth-order valence-electron chi connectivity index (χ4n) is 1.27. The van der Waals surface area contributed by atoms with E-state index in [2.05, 4.69) is 4.74 Å². The third-order valence-electron chi connectivity index (χ3n) is 2.05. The van der Waals surface area contributed by atoms with E-state index in [0.29, 0.717) is 5.75 Å². The Morgan fingerprint density at radius 3 is 2.81 bits per heavy atom. The molecule has 1 N–H and O–H groups in total. The molecule has 1 aromatic carbocycles. The van der Waals surface area contributed by atoms with E-state index in [-0.39, 0.29) is 19.8 Å². The maximum Gasteiger partial charge on any atom is 0.344 e. The Kier molecular flexibility index (Phi) is 5.36. The molecule has 0 saturated carbocycles. The van der Waals surface area contributed by atoms with E-state index in [9.17, 15) is 4.79 Å². The molecule has 1 aromatic rings. The summed E-state index contributed by atoms with van der Waals surface area (Å²) in [6.07, 6.45) is 0.849. The lowest BCUT2D eigenvalue weighted by Gasteiger charge is -2.09. The van der Waals surface area contributed by atoms with Crippen molar-refractivity contribution in [2.75, 3.05) is 19.8 Å². The number of rotatable bonds is 6. The van der Waals surface area contributed by atoms with Crippen molar-refractivity contribution in [2.24, 2.45) is 0 Å². The first kappa shape index (κ1) is 12.5. The van der Waals surface area contributed by atoms with Gasteiger partial charge in [-0.05, 0) is 18.1 Å². The SMILES string of the molecule is CCc1ccccc1OCC(=O)OCCO. The molecular weight excluding hydrogens is 208 g/mol. The Labute approximate surface area is 94.8 Å². The summed E-state index contributed by atoms with van der Waals surface area (Å²) in [7, 11) is 0. The number of ether oxygens (including phenoxy) is 2. The van der Waals surface area contributed by atoms with Gasteiger partial charge in [-0.3, -0.25) is 0 Å². The number of aryl methyl sites for hydroxylation is 1. The Bertz CT molecular complexity index is 336. The Balaban J connectivity index is 2.44. The molecule has 0 aliphatic rings. The molecule has 0 fully saturated rings. The van der Waals surface area contributed by atoms with E-state index >= 15 is 0 Å². The second kappa shape index (κ2) is 6.85. The van der Waals surface area contributed by atoms with Crippen LogP contribution in [0.25, 0.3) is 0 Å². The average Bonchev–Trinajstić information content (AvgIpc) is 2.34. The third-order valence-corrected chi connectivity index (χ3v) is 2.05. The van der Waals surface area contributed by atoms with Crippen molar-refractivity contribution < 1.29 is 19.4 Å². The highest BCUT2D eigenvalue weighted by atomic mass is 16.6. The number of aliphatic hydroxyl groups excluding tert-OH is 1. The van der Waals surface area contributed by atoms with Gasteiger partial charge < -0.3 is 14.6 Å². The molecule has 16 heavy (non-hydrogen) atoms. The van der Waals surface area contributed by atoms with Gasteiger partial charge in [0.25, 0.3) is 0 Å². The molecule has 0 aromatic heterocycles. The molecule has 0 unspecified atom stereocenters. The van der Waals surface area contributed by atoms with Crippen LogP contribution in [0.5, 0.6) is 5.75 Å². The first-order valence-corrected chi connectivity index (χ1v) is 5.25. The summed E-state index contributed by atoms with van der Waals surface area (Å²) in [5.41, 5.74) is 1.05. The van der Waals surface area contributed by atoms with Gasteiger partial charge in [0.15, 0.2) is 6.61 Å². The standard InChI is InChI=1S/C12H16O4/c1-2-10-5-3-4-6-11(10)16-9-12(14)15-8-7-13/h3-6,13H,2,7-9H2,1H3. The number of aliphatic hydroxyl groups is 1. The Morgan fingerprint density at radius 1 is 1.38 bits per heavy atom. The summed E-state index contributed by atoms with van der Waals surface area (Å²) in [6.45, 7) is 1.73. The summed E-state index contributed by atoms with van der Waals surface area (Å²) in [5.74, 6) is 0.228. The topological polar surface area (TPSA) is 55.8 Å². The zero-order chi connectivity index (χ0) is 11.8. The molecule has 0 bridgehead atoms. The van der Waals surface area contributed by atoms with Crippen molar-refractivity contribution in [3.05, 3.63) is 29.8 Å². The zero-order valence-corrected chi connectivity index (χ0v) is 9.31. The highest BCUT2D eigenvalue weighted by Gasteiger charge is 2.05. The van der Waals surface area contributed by atoms with E-state index in [1.54, 1.807) is 0 Å². The van der Waals surface area contributed by atoms with Gasteiger partial charge in [-0.1, -0.05) is 25.1 Å². The van der Waals surface area contributed by atoms with Gasteiger partial charge in [-0.25, -0.2) is 4.79 Å². The van der Waals surface area contributed by atoms with Gasteiger partial charge in [0, 0.05) is 0 Å². The molecular formula is C12H16O4. The minimum atomic E-state index is -0.472. The van der Waals surface area contributed by atoms with Crippen LogP contribution in [0, 0.1) is 0 Å². The predicted molar refractivity (Wildman–Crippen MR) is 59.4 cm³/mol. The normalized spacial score (nSPS) is 9.88. The van der Waals surface area contributed by atoms with Crippen LogP contribution < -0.4 is 4.74 Å². The Morgan fingerprint density at radius 2 is 2.12 bits per heavy atom. The van der Waals surface area contributed by atoms with E-state index in [4.69, 9.17) is 9.84 Å². The monoisotopic (exact) mass is 224 g/mol. The molecule has 0 aliphatic heterocycles. The molecule has 0 spiro atoms. The van der Waals surface area contributed by atoms with Crippen LogP contribution in [0.1, 0.15) is 12.5 Å². The summed E-state index contributed by atoms with van der Waals surface area (Å²) in [5, 5.41) is 8.46. The highest BCUT2D eigenvalue weighted by molar-refractivity contribution is 5.71. The smallest absolute Gasteiger partial charge is 0.344 e. The zero-order valence-electron chi connectivity index (χ0n) is 9.31. The molecule has 4 heteroatoms. The molecule has 4 nitrogen and oxygen atoms in total. The second-order valence-electron chi connectivity index (χ2n) is 3.19. The summed E-state index contributed by atoms with van der Waals surface area (Å²) in [6, 6.07) is 7.55. The van der Waals surface area contributed by atoms with Crippen molar-refractivity contribution in [3.8, 4) is 5.75 Å². The number of carbonyl (C=O) groups excluding carboxylic acids is 1. The lowest BCUT2D eigenvalue weighted by atomic mass is 10.1. The first-order valence-electron chi connectivity index (χ1n) is 5.25. The van der Waals surface area contributed by atoms with Crippen LogP contribution in [0.4, 0.5) is 0 Å². The number of benzene rings is 1. The quantitative estimate of drug-likeness (QED) is 0.737. The largest absolute Gasteiger partial charge is 0.482 e. The fourth-order valence-corrected chi connectivity index (χ4v) is 1.27. The van der Waals surface area contributed by atoms with Crippen molar-refractivity contribution in [1.82, 2.24) is 0 Å². The molecule has 0 radical (unpaired) electrons. The van der Waals surface area contributed by atoms with Crippen molar-refractivity contribution in [2.45, 2.75) is 13.3 Å². The summed E-state index contributed by atoms with van der Waals surface area (Å²) < 4.78 is 10.0. The van der Waals surface area contributed by atoms with Crippen LogP contribution in [0.15, 0.2) is 24.3 Å². The van der Waals surface area contributed by atoms with Crippen LogP contribution in [-0.2, 0) is 16.0 Å². The average molecular weight is 224 g/mol. The summed E-state index contributed by atoms with van der Waals surface area (Å²) in [4.78, 5) is 11.1. The molecule has 0 saturated heterocycles. The number of esters is 1. The molecule has 0 amide bonds. The van der Waals surface area contributed by atoms with Crippen LogP contribution in [0.3, 0.4) is 0 Å². The minimum absolute atomic E-state index is 0.0115. The molecule has 0 atom stereocenters. The lowest BCUT2D eigenvalue weighted by Crippen LogP contribution is -2.17. The van der Waals surface area contributed by atoms with Gasteiger partial charge in [0.2, 0.25) is 0 Å². The van der Waals surface area contributed by atoms with E-state index in [0.717, 1.165) is 12.0 Å².